The third kappa shape index (κ3) is 22.9. The summed E-state index contributed by atoms with van der Waals surface area (Å²) < 4.78 is 0. The van der Waals surface area contributed by atoms with Crippen molar-refractivity contribution in [2.75, 3.05) is 41.3 Å². The minimum absolute atomic E-state index is 0. The normalized spacial score (nSPS) is 14.1. The molecule has 0 aromatic rings. The molecule has 0 heterocycles. The molecule has 0 saturated heterocycles. The second-order valence-corrected chi connectivity index (χ2v) is 12.7. The molecule has 0 unspecified atom stereocenters. The Bertz CT molecular complexity index is 278. The molecule has 0 aromatic carbocycles. The van der Waals surface area contributed by atoms with E-state index in [1.54, 1.807) is 0 Å². The number of hydrogen-bond acceptors (Lipinski definition) is 0. The summed E-state index contributed by atoms with van der Waals surface area (Å²) in [4.78, 5) is 3.07. The monoisotopic (exact) mass is 357 g/mol. The van der Waals surface area contributed by atoms with Crippen molar-refractivity contribution in [1.29, 1.82) is 0 Å². The zero-order chi connectivity index (χ0) is 19.1. The molecule has 0 bridgehead atoms. The Hall–Kier alpha value is 0.867. The van der Waals surface area contributed by atoms with E-state index in [9.17, 15) is 0 Å². The first-order chi connectivity index (χ1) is 9.94. The molecular formula is C18H47LiN4P+3. The fraction of sp³-hybridized carbons (Fsp3) is 1.00. The molecule has 0 aliphatic rings. The maximum Gasteiger partial charge on any atom is 1.00 e. The molecule has 0 fully saturated rings. The van der Waals surface area contributed by atoms with Crippen molar-refractivity contribution in [2.45, 2.75) is 78.5 Å². The second-order valence-electron chi connectivity index (χ2n) is 10.2. The molecule has 24 heavy (non-hydrogen) atoms. The molecule has 4 N–H and O–H groups in total. The van der Waals surface area contributed by atoms with Crippen molar-refractivity contribution in [1.82, 2.24) is 0 Å². The summed E-state index contributed by atoms with van der Waals surface area (Å²) in [6.07, 6.45) is 0. The number of hydrogen-bond donors (Lipinski definition) is 3. The maximum atomic E-state index is 4.97. The summed E-state index contributed by atoms with van der Waals surface area (Å²) in [6, 6.07) is 0. The SMILES string of the molecule is CC(C)(C)[N-][P@@]([NH2+]C(C)(C)C)C(C)(C)C.C[NH+](C)CC[NH+](C)C.[Li+]. The topological polar surface area (TPSA) is 39.6 Å². The van der Waals surface area contributed by atoms with E-state index in [-0.39, 0.29) is 43.3 Å². The minimum Gasteiger partial charge on any atom is -0.580 e. The number of nitrogens with two attached hydrogens (primary N) is 1. The summed E-state index contributed by atoms with van der Waals surface area (Å²) in [6.45, 7) is 22.7. The zero-order valence-electron chi connectivity index (χ0n) is 19.4. The average Bonchev–Trinajstić information content (AvgIpc) is 2.21. The Morgan fingerprint density at radius 1 is 0.750 bits per heavy atom. The van der Waals surface area contributed by atoms with E-state index in [0.29, 0.717) is 0 Å². The Balaban J connectivity index is -0.000000419. The summed E-state index contributed by atoms with van der Waals surface area (Å²) in [7, 11) is 8.36. The predicted molar refractivity (Wildman–Crippen MR) is 107 cm³/mol. The van der Waals surface area contributed by atoms with Gasteiger partial charge in [-0.3, -0.25) is 0 Å². The van der Waals surface area contributed by atoms with Crippen molar-refractivity contribution in [3.63, 3.8) is 0 Å². The van der Waals surface area contributed by atoms with Gasteiger partial charge in [-0.25, -0.2) is 0 Å². The number of rotatable bonds is 5. The molecule has 142 valence electrons. The summed E-state index contributed by atoms with van der Waals surface area (Å²) in [5.74, 6) is 0. The minimum atomic E-state index is -0.378. The van der Waals surface area contributed by atoms with Crippen LogP contribution in [0.4, 0.5) is 0 Å². The Morgan fingerprint density at radius 3 is 1.25 bits per heavy atom. The van der Waals surface area contributed by atoms with Crippen LogP contribution in [0.1, 0.15) is 62.3 Å². The molecule has 0 saturated carbocycles. The van der Waals surface area contributed by atoms with Crippen molar-refractivity contribution >= 4 is 8.22 Å². The van der Waals surface area contributed by atoms with Crippen molar-refractivity contribution in [3.05, 3.63) is 5.09 Å². The van der Waals surface area contributed by atoms with E-state index >= 15 is 0 Å². The van der Waals surface area contributed by atoms with Crippen LogP contribution in [0.5, 0.6) is 0 Å². The molecule has 0 rings (SSSR count). The van der Waals surface area contributed by atoms with Gasteiger partial charge in [0.15, 0.2) is 0 Å². The Labute approximate surface area is 166 Å². The molecule has 0 aromatic heterocycles. The van der Waals surface area contributed by atoms with E-state index < -0.39 is 0 Å². The number of likely N-dealkylation sites (N-methyl/N-ethyl adjacent to an activating group) is 2. The molecular weight excluding hydrogens is 310 g/mol. The van der Waals surface area contributed by atoms with Crippen LogP contribution in [0.3, 0.4) is 0 Å². The largest absolute Gasteiger partial charge is 1.00 e. The van der Waals surface area contributed by atoms with Crippen molar-refractivity contribution in [2.24, 2.45) is 0 Å². The maximum absolute atomic E-state index is 4.97. The van der Waals surface area contributed by atoms with Crippen molar-refractivity contribution in [3.8, 4) is 0 Å². The van der Waals surface area contributed by atoms with E-state index in [1.807, 2.05) is 0 Å². The van der Waals surface area contributed by atoms with Crippen LogP contribution in [-0.2, 0) is 0 Å². The van der Waals surface area contributed by atoms with Crippen molar-refractivity contribution < 1.29 is 33.7 Å². The quantitative estimate of drug-likeness (QED) is 0.373. The number of nitrogens with one attached hydrogen (secondary N) is 2. The summed E-state index contributed by atoms with van der Waals surface area (Å²) in [5, 5.41) is 7.69. The smallest absolute Gasteiger partial charge is 0.580 e. The predicted octanol–water partition coefficient (Wildman–Crippen LogP) is -2.09. The molecule has 0 aliphatic carbocycles. The van der Waals surface area contributed by atoms with Gasteiger partial charge in [-0.1, -0.05) is 41.5 Å². The summed E-state index contributed by atoms with van der Waals surface area (Å²) in [5.41, 5.74) is 0.328. The van der Waals surface area contributed by atoms with E-state index in [0.717, 1.165) is 0 Å². The van der Waals surface area contributed by atoms with Gasteiger partial charge in [-0.2, -0.15) is 0 Å². The van der Waals surface area contributed by atoms with E-state index in [1.165, 1.54) is 22.9 Å². The van der Waals surface area contributed by atoms with Crippen LogP contribution in [0, 0.1) is 0 Å². The Morgan fingerprint density at radius 2 is 1.08 bits per heavy atom. The van der Waals surface area contributed by atoms with Gasteiger partial charge in [-0.05, 0) is 20.8 Å². The Kier molecular flexibility index (Phi) is 15.2. The third-order valence-corrected chi connectivity index (χ3v) is 5.94. The third-order valence-electron chi connectivity index (χ3n) is 2.73. The molecule has 6 heteroatoms. The second kappa shape index (κ2) is 12.3. The molecule has 4 nitrogen and oxygen atoms in total. The van der Waals surface area contributed by atoms with Crippen LogP contribution in [0.15, 0.2) is 0 Å². The van der Waals surface area contributed by atoms with Crippen LogP contribution >= 0.6 is 8.22 Å². The standard InChI is InChI=1S/C12H28N2P.C6H16N2.Li/c1-10(2,3)13-15(12(7,8)9)14-11(4,5)6;1-7(2)5-6-8(3)4;/h13H,1-9H3;5-6H2,1-4H3;/q-1;;+1/p+3/t15-;;/m1../s1. The van der Waals surface area contributed by atoms with Crippen LogP contribution in [0.2, 0.25) is 0 Å². The van der Waals surface area contributed by atoms with Gasteiger partial charge in [0.25, 0.3) is 0 Å². The fourth-order valence-electron chi connectivity index (χ4n) is 1.56. The summed E-state index contributed by atoms with van der Waals surface area (Å²) >= 11 is 0. The van der Waals surface area contributed by atoms with Crippen LogP contribution in [-0.4, -0.2) is 57.5 Å². The van der Waals surface area contributed by atoms with Gasteiger partial charge in [0.05, 0.1) is 33.7 Å². The van der Waals surface area contributed by atoms with E-state index in [2.05, 4.69) is 95.6 Å². The van der Waals surface area contributed by atoms with Gasteiger partial charge >= 0.3 is 18.9 Å². The molecule has 0 spiro atoms. The molecule has 0 radical (unpaired) electrons. The molecule has 0 aliphatic heterocycles. The van der Waals surface area contributed by atoms with E-state index in [4.69, 9.17) is 5.09 Å². The average molecular weight is 358 g/mol. The first kappa shape index (κ1) is 29.6. The van der Waals surface area contributed by atoms with Crippen LogP contribution in [0.25, 0.3) is 5.09 Å². The number of quaternary nitrogens is 3. The van der Waals surface area contributed by atoms with Gasteiger partial charge in [0, 0.05) is 13.4 Å². The fourth-order valence-corrected chi connectivity index (χ4v) is 3.69. The molecule has 0 amide bonds. The van der Waals surface area contributed by atoms with Gasteiger partial charge in [0.2, 0.25) is 0 Å². The van der Waals surface area contributed by atoms with Gasteiger partial charge in [-0.15, -0.1) is 5.54 Å². The van der Waals surface area contributed by atoms with Crippen LogP contribution < -0.4 is 33.7 Å². The first-order valence-corrected chi connectivity index (χ1v) is 10.3. The van der Waals surface area contributed by atoms with Gasteiger partial charge < -0.3 is 20.0 Å². The van der Waals surface area contributed by atoms with Gasteiger partial charge in [0.1, 0.15) is 13.1 Å². The molecule has 1 atom stereocenters. The first-order valence-electron chi connectivity index (χ1n) is 8.90. The zero-order valence-corrected chi connectivity index (χ0v) is 20.3. The number of nitrogens with zero attached hydrogens (tertiary/aromatic N) is 1.